The van der Waals surface area contributed by atoms with Gasteiger partial charge < -0.3 is 15.4 Å². The van der Waals surface area contributed by atoms with E-state index in [2.05, 4.69) is 32.9 Å². The van der Waals surface area contributed by atoms with Gasteiger partial charge in [0.15, 0.2) is 5.96 Å². The van der Waals surface area contributed by atoms with E-state index in [4.69, 9.17) is 4.74 Å². The van der Waals surface area contributed by atoms with Gasteiger partial charge in [-0.2, -0.15) is 0 Å². The Morgan fingerprint density at radius 2 is 2.08 bits per heavy atom. The Hall–Kier alpha value is -1.14. The smallest absolute Gasteiger partial charge is 0.191 e. The fourth-order valence-electron chi connectivity index (χ4n) is 2.96. The second-order valence-corrected chi connectivity index (χ2v) is 7.34. The molecular weight excluding hydrogens is 320 g/mol. The number of guanidine groups is 1. The van der Waals surface area contributed by atoms with Crippen molar-refractivity contribution in [2.75, 3.05) is 26.2 Å². The average molecular weight is 353 g/mol. The van der Waals surface area contributed by atoms with E-state index in [1.807, 2.05) is 6.92 Å². The molecule has 0 spiro atoms. The number of nitrogens with one attached hydrogen (secondary N) is 2. The van der Waals surface area contributed by atoms with Crippen molar-refractivity contribution in [3.63, 3.8) is 0 Å². The monoisotopic (exact) mass is 352 g/mol. The van der Waals surface area contributed by atoms with E-state index < -0.39 is 0 Å². The molecule has 1 aromatic heterocycles. The average Bonchev–Trinajstić information content (AvgIpc) is 2.83. The largest absolute Gasteiger partial charge is 0.376 e. The molecule has 5 nitrogen and oxygen atoms in total. The molecule has 1 fully saturated rings. The van der Waals surface area contributed by atoms with Crippen LogP contribution in [0.2, 0.25) is 0 Å². The van der Waals surface area contributed by atoms with Crippen LogP contribution in [-0.2, 0) is 11.2 Å². The zero-order valence-electron chi connectivity index (χ0n) is 15.1. The third-order valence-corrected chi connectivity index (χ3v) is 5.02. The first-order valence-electron chi connectivity index (χ1n) is 9.32. The quantitative estimate of drug-likeness (QED) is 0.326. The zero-order valence-corrected chi connectivity index (χ0v) is 16.0. The number of aromatic nitrogens is 1. The first kappa shape index (κ1) is 19.2. The highest BCUT2D eigenvalue weighted by Crippen LogP contribution is 2.19. The predicted octanol–water partition coefficient (Wildman–Crippen LogP) is 3.29. The van der Waals surface area contributed by atoms with Crippen LogP contribution in [0, 0.1) is 6.92 Å². The lowest BCUT2D eigenvalue weighted by atomic mass is 10.1. The molecule has 1 heterocycles. The summed E-state index contributed by atoms with van der Waals surface area (Å²) >= 11 is 1.70. The van der Waals surface area contributed by atoms with Crippen LogP contribution in [0.4, 0.5) is 0 Å². The molecule has 0 saturated heterocycles. The zero-order chi connectivity index (χ0) is 17.0. The molecule has 0 radical (unpaired) electrons. The fraction of sp³-hybridized carbons (Fsp3) is 0.778. The van der Waals surface area contributed by atoms with Crippen LogP contribution in [0.1, 0.15) is 56.2 Å². The van der Waals surface area contributed by atoms with Crippen molar-refractivity contribution >= 4 is 17.3 Å². The Morgan fingerprint density at radius 3 is 2.75 bits per heavy atom. The SMILES string of the molecule is CCNC(=NCCOC1CCCCCC1)NCCc1csc(C)n1. The van der Waals surface area contributed by atoms with Gasteiger partial charge in [-0.1, -0.05) is 25.7 Å². The normalized spacial score (nSPS) is 16.8. The highest BCUT2D eigenvalue weighted by Gasteiger charge is 2.11. The molecule has 1 aliphatic carbocycles. The first-order valence-corrected chi connectivity index (χ1v) is 10.2. The van der Waals surface area contributed by atoms with Crippen LogP contribution in [0.5, 0.6) is 0 Å². The topological polar surface area (TPSA) is 58.5 Å². The summed E-state index contributed by atoms with van der Waals surface area (Å²) in [5.41, 5.74) is 1.15. The van der Waals surface area contributed by atoms with Crippen LogP contribution in [0.15, 0.2) is 10.4 Å². The van der Waals surface area contributed by atoms with Crippen molar-refractivity contribution in [3.8, 4) is 0 Å². The molecule has 0 bridgehead atoms. The number of rotatable bonds is 8. The fourth-order valence-corrected chi connectivity index (χ4v) is 3.61. The third-order valence-electron chi connectivity index (χ3n) is 4.20. The summed E-state index contributed by atoms with van der Waals surface area (Å²) in [6.45, 7) is 7.27. The van der Waals surface area contributed by atoms with Gasteiger partial charge in [0.1, 0.15) is 0 Å². The summed E-state index contributed by atoms with van der Waals surface area (Å²) < 4.78 is 6.00. The number of ether oxygens (including phenoxy) is 1. The summed E-state index contributed by atoms with van der Waals surface area (Å²) in [6.07, 6.45) is 9.17. The number of nitrogens with zero attached hydrogens (tertiary/aromatic N) is 2. The van der Waals surface area contributed by atoms with Crippen LogP contribution < -0.4 is 10.6 Å². The Labute approximate surface area is 150 Å². The molecule has 0 aliphatic heterocycles. The molecule has 2 N–H and O–H groups in total. The maximum absolute atomic E-state index is 6.00. The van der Waals surface area contributed by atoms with Gasteiger partial charge in [-0.3, -0.25) is 4.99 Å². The summed E-state index contributed by atoms with van der Waals surface area (Å²) in [4.78, 5) is 9.10. The maximum Gasteiger partial charge on any atom is 0.191 e. The minimum absolute atomic E-state index is 0.450. The van der Waals surface area contributed by atoms with E-state index in [0.29, 0.717) is 19.3 Å². The minimum Gasteiger partial charge on any atom is -0.376 e. The molecule has 24 heavy (non-hydrogen) atoms. The molecule has 0 aromatic carbocycles. The van der Waals surface area contributed by atoms with E-state index in [0.717, 1.165) is 36.2 Å². The lowest BCUT2D eigenvalue weighted by molar-refractivity contribution is 0.0487. The second kappa shape index (κ2) is 11.4. The molecule has 2 rings (SSSR count). The van der Waals surface area contributed by atoms with Gasteiger partial charge in [-0.05, 0) is 26.7 Å². The third kappa shape index (κ3) is 7.62. The molecule has 1 aliphatic rings. The number of thiazole rings is 1. The van der Waals surface area contributed by atoms with Gasteiger partial charge >= 0.3 is 0 Å². The lowest BCUT2D eigenvalue weighted by Gasteiger charge is -2.15. The van der Waals surface area contributed by atoms with Gasteiger partial charge in [0.25, 0.3) is 0 Å². The van der Waals surface area contributed by atoms with Crippen molar-refractivity contribution in [1.29, 1.82) is 0 Å². The molecule has 1 saturated carbocycles. The van der Waals surface area contributed by atoms with Gasteiger partial charge in [-0.25, -0.2) is 4.98 Å². The molecule has 0 atom stereocenters. The molecule has 0 unspecified atom stereocenters. The predicted molar refractivity (Wildman–Crippen MR) is 102 cm³/mol. The minimum atomic E-state index is 0.450. The van der Waals surface area contributed by atoms with E-state index in [1.165, 1.54) is 38.5 Å². The summed E-state index contributed by atoms with van der Waals surface area (Å²) in [6, 6.07) is 0. The van der Waals surface area contributed by atoms with E-state index in [-0.39, 0.29) is 0 Å². The second-order valence-electron chi connectivity index (χ2n) is 6.28. The number of hydrogen-bond donors (Lipinski definition) is 2. The molecule has 1 aromatic rings. The molecule has 6 heteroatoms. The Kier molecular flexibility index (Phi) is 9.13. The standard InChI is InChI=1S/C18H32N4OS/c1-3-19-18(20-11-10-16-14-24-15(2)22-16)21-12-13-23-17-8-6-4-5-7-9-17/h14,17H,3-13H2,1-2H3,(H2,19,20,21). The van der Waals surface area contributed by atoms with Crippen LogP contribution in [0.25, 0.3) is 0 Å². The lowest BCUT2D eigenvalue weighted by Crippen LogP contribution is -2.38. The Morgan fingerprint density at radius 1 is 1.29 bits per heavy atom. The van der Waals surface area contributed by atoms with E-state index >= 15 is 0 Å². The Balaban J connectivity index is 1.65. The van der Waals surface area contributed by atoms with Gasteiger partial charge in [-0.15, -0.1) is 11.3 Å². The molecule has 136 valence electrons. The van der Waals surface area contributed by atoms with Crippen molar-refractivity contribution in [2.24, 2.45) is 4.99 Å². The van der Waals surface area contributed by atoms with Crippen molar-refractivity contribution in [2.45, 2.75) is 64.9 Å². The first-order chi connectivity index (χ1) is 11.8. The van der Waals surface area contributed by atoms with Gasteiger partial charge in [0.05, 0.1) is 30.0 Å². The van der Waals surface area contributed by atoms with Crippen molar-refractivity contribution in [3.05, 3.63) is 16.1 Å². The van der Waals surface area contributed by atoms with Gasteiger partial charge in [0.2, 0.25) is 0 Å². The Bertz CT molecular complexity index is 481. The van der Waals surface area contributed by atoms with Crippen LogP contribution in [0.3, 0.4) is 0 Å². The number of aryl methyl sites for hydroxylation is 1. The van der Waals surface area contributed by atoms with Crippen molar-refractivity contribution < 1.29 is 4.74 Å². The summed E-state index contributed by atoms with van der Waals surface area (Å²) in [5.74, 6) is 0.869. The molecular formula is C18H32N4OS. The van der Waals surface area contributed by atoms with Crippen LogP contribution >= 0.6 is 11.3 Å². The summed E-state index contributed by atoms with van der Waals surface area (Å²) in [5, 5.41) is 9.92. The van der Waals surface area contributed by atoms with E-state index in [1.54, 1.807) is 11.3 Å². The van der Waals surface area contributed by atoms with Crippen molar-refractivity contribution in [1.82, 2.24) is 15.6 Å². The number of aliphatic imine (C=N–C) groups is 1. The maximum atomic E-state index is 6.00. The summed E-state index contributed by atoms with van der Waals surface area (Å²) in [7, 11) is 0. The molecule has 0 amide bonds. The highest BCUT2D eigenvalue weighted by molar-refractivity contribution is 7.09. The van der Waals surface area contributed by atoms with Crippen LogP contribution in [-0.4, -0.2) is 43.3 Å². The van der Waals surface area contributed by atoms with Gasteiger partial charge in [0, 0.05) is 24.9 Å². The highest BCUT2D eigenvalue weighted by atomic mass is 32.1. The number of hydrogen-bond acceptors (Lipinski definition) is 4. The van der Waals surface area contributed by atoms with E-state index in [9.17, 15) is 0 Å².